The first-order valence-corrected chi connectivity index (χ1v) is 14.4. The number of carbonyl (C=O) groups is 1. The molecular formula is C26H29F4N4O8P. The topological polar surface area (TPSA) is 164 Å². The van der Waals surface area contributed by atoms with E-state index in [9.17, 15) is 28.0 Å². The molecule has 1 aromatic heterocycles. The van der Waals surface area contributed by atoms with E-state index in [1.165, 1.54) is 19.1 Å². The third kappa shape index (κ3) is 6.68. The van der Waals surface area contributed by atoms with Crippen molar-refractivity contribution in [2.24, 2.45) is 0 Å². The minimum atomic E-state index is -4.90. The SMILES string of the molecule is CC(C)OC(=O)[C@H](C)NP(=O)(OC[C@@]1(C(F)F)O[C@@H](n2ccc(N)nc2=O)C(F)(F)[C@@H]1O)Oc1ccc2ccccc2c1. The minimum Gasteiger partial charge on any atom is -0.462 e. The van der Waals surface area contributed by atoms with Crippen molar-refractivity contribution in [2.45, 2.75) is 63.2 Å². The third-order valence-corrected chi connectivity index (χ3v) is 8.05. The van der Waals surface area contributed by atoms with Crippen LogP contribution in [-0.2, 0) is 23.4 Å². The molecule has 0 amide bonds. The van der Waals surface area contributed by atoms with Crippen molar-refractivity contribution < 1.29 is 50.5 Å². The molecule has 0 aliphatic carbocycles. The second-order valence-electron chi connectivity index (χ2n) is 10.1. The van der Waals surface area contributed by atoms with Gasteiger partial charge in [0.25, 0.3) is 6.43 Å². The summed E-state index contributed by atoms with van der Waals surface area (Å²) in [4.78, 5) is 27.9. The molecule has 0 spiro atoms. The summed E-state index contributed by atoms with van der Waals surface area (Å²) in [7, 11) is -4.90. The summed E-state index contributed by atoms with van der Waals surface area (Å²) >= 11 is 0. The van der Waals surface area contributed by atoms with Gasteiger partial charge in [0.2, 0.25) is 6.23 Å². The van der Waals surface area contributed by atoms with Crippen molar-refractivity contribution in [1.29, 1.82) is 0 Å². The Balaban J connectivity index is 1.68. The van der Waals surface area contributed by atoms with E-state index >= 15 is 8.78 Å². The molecule has 1 aliphatic heterocycles. The predicted octanol–water partition coefficient (Wildman–Crippen LogP) is 3.64. The van der Waals surface area contributed by atoms with Crippen LogP contribution in [0.25, 0.3) is 10.8 Å². The number of ether oxygens (including phenoxy) is 2. The fraction of sp³-hybridized carbons (Fsp3) is 0.423. The lowest BCUT2D eigenvalue weighted by Gasteiger charge is -2.32. The van der Waals surface area contributed by atoms with Gasteiger partial charge in [-0.2, -0.15) is 18.9 Å². The molecule has 4 rings (SSSR count). The number of carbonyl (C=O) groups excluding carboxylic acids is 1. The molecular weight excluding hydrogens is 603 g/mol. The Morgan fingerprint density at radius 3 is 2.49 bits per heavy atom. The highest BCUT2D eigenvalue weighted by Crippen LogP contribution is 2.53. The number of nitrogen functional groups attached to an aromatic ring is 1. The van der Waals surface area contributed by atoms with E-state index in [0.717, 1.165) is 17.6 Å². The zero-order valence-corrected chi connectivity index (χ0v) is 23.9. The number of fused-ring (bicyclic) bond motifs is 1. The van der Waals surface area contributed by atoms with Crippen molar-refractivity contribution >= 4 is 30.3 Å². The van der Waals surface area contributed by atoms with Crippen molar-refractivity contribution in [3.63, 3.8) is 0 Å². The van der Waals surface area contributed by atoms with E-state index in [0.29, 0.717) is 5.39 Å². The number of nitrogens with zero attached hydrogens (tertiary/aromatic N) is 2. The van der Waals surface area contributed by atoms with Crippen LogP contribution in [0.3, 0.4) is 0 Å². The number of halogens is 4. The summed E-state index contributed by atoms with van der Waals surface area (Å²) < 4.78 is 94.3. The number of alkyl halides is 4. The Bertz CT molecular complexity index is 1590. The molecule has 1 saturated heterocycles. The Morgan fingerprint density at radius 1 is 1.19 bits per heavy atom. The quantitative estimate of drug-likeness (QED) is 0.161. The minimum absolute atomic E-state index is 0.0966. The highest BCUT2D eigenvalue weighted by molar-refractivity contribution is 7.52. The summed E-state index contributed by atoms with van der Waals surface area (Å²) in [6.07, 6.45) is -9.75. The molecule has 43 heavy (non-hydrogen) atoms. The van der Waals surface area contributed by atoms with E-state index in [1.807, 2.05) is 0 Å². The second-order valence-corrected chi connectivity index (χ2v) is 11.7. The number of rotatable bonds is 11. The van der Waals surface area contributed by atoms with Gasteiger partial charge in [-0.25, -0.2) is 18.1 Å². The van der Waals surface area contributed by atoms with Gasteiger partial charge in [-0.1, -0.05) is 30.3 Å². The Labute approximate surface area is 242 Å². The van der Waals surface area contributed by atoms with Crippen LogP contribution in [0.15, 0.2) is 59.5 Å². The zero-order valence-electron chi connectivity index (χ0n) is 23.0. The maximum absolute atomic E-state index is 15.2. The zero-order chi connectivity index (χ0) is 31.7. The number of aliphatic hydroxyl groups is 1. The lowest BCUT2D eigenvalue weighted by Crippen LogP contribution is -2.54. The third-order valence-electron chi connectivity index (χ3n) is 6.43. The molecule has 0 saturated carbocycles. The number of hydrogen-bond donors (Lipinski definition) is 3. The first kappa shape index (κ1) is 32.4. The molecule has 2 heterocycles. The number of aromatic nitrogens is 2. The molecule has 3 aromatic rings. The molecule has 17 heteroatoms. The molecule has 12 nitrogen and oxygen atoms in total. The van der Waals surface area contributed by atoms with Gasteiger partial charge >= 0.3 is 25.3 Å². The number of nitrogens with two attached hydrogens (primary N) is 1. The monoisotopic (exact) mass is 632 g/mol. The molecule has 0 bridgehead atoms. The number of aliphatic hydroxyl groups excluding tert-OH is 1. The molecule has 2 aromatic carbocycles. The van der Waals surface area contributed by atoms with Gasteiger partial charge < -0.3 is 24.8 Å². The first-order valence-electron chi connectivity index (χ1n) is 12.9. The molecule has 5 atom stereocenters. The van der Waals surface area contributed by atoms with E-state index < -0.39 is 68.4 Å². The molecule has 1 unspecified atom stereocenters. The predicted molar refractivity (Wildman–Crippen MR) is 145 cm³/mol. The van der Waals surface area contributed by atoms with Crippen LogP contribution in [0.5, 0.6) is 5.75 Å². The van der Waals surface area contributed by atoms with Gasteiger partial charge in [-0.3, -0.25) is 13.9 Å². The fourth-order valence-corrected chi connectivity index (χ4v) is 5.79. The number of hydrogen-bond acceptors (Lipinski definition) is 10. The first-order chi connectivity index (χ1) is 20.1. The summed E-state index contributed by atoms with van der Waals surface area (Å²) in [5.41, 5.74) is 0.477. The van der Waals surface area contributed by atoms with Crippen molar-refractivity contribution in [3.05, 3.63) is 65.2 Å². The standard InChI is InChI=1S/C26H29F4N4O8P/c1-14(2)40-20(35)15(3)33-43(38,42-18-9-8-16-6-4-5-7-17(16)12-18)39-13-25(22(27)28)21(36)26(29,30)23(41-25)34-11-10-19(31)32-24(34)37/h4-12,14-15,21-23,36H,13H2,1-3H3,(H,33,38)(H2,31,32,37)/t15-,21+,23+,25+,43?/m0/s1. The summed E-state index contributed by atoms with van der Waals surface area (Å²) in [6, 6.07) is 10.9. The van der Waals surface area contributed by atoms with E-state index in [4.69, 9.17) is 24.3 Å². The molecule has 234 valence electrons. The second kappa shape index (κ2) is 12.2. The van der Waals surface area contributed by atoms with Crippen LogP contribution in [0, 0.1) is 0 Å². The summed E-state index contributed by atoms with van der Waals surface area (Å²) in [6.45, 7) is 2.68. The average Bonchev–Trinajstić information content (AvgIpc) is 3.13. The smallest absolute Gasteiger partial charge is 0.459 e. The highest BCUT2D eigenvalue weighted by Gasteiger charge is 2.71. The van der Waals surface area contributed by atoms with Crippen LogP contribution in [0.1, 0.15) is 27.0 Å². The molecule has 4 N–H and O–H groups in total. The van der Waals surface area contributed by atoms with Gasteiger partial charge in [0.1, 0.15) is 17.6 Å². The molecule has 1 fully saturated rings. The van der Waals surface area contributed by atoms with E-state index in [-0.39, 0.29) is 16.1 Å². The Kier molecular flexibility index (Phi) is 9.19. The lowest BCUT2D eigenvalue weighted by atomic mass is 9.96. The van der Waals surface area contributed by atoms with Crippen molar-refractivity contribution in [3.8, 4) is 5.75 Å². The number of anilines is 1. The van der Waals surface area contributed by atoms with Crippen LogP contribution in [0.4, 0.5) is 23.4 Å². The van der Waals surface area contributed by atoms with E-state index in [1.54, 1.807) is 44.2 Å². The van der Waals surface area contributed by atoms with Crippen LogP contribution in [-0.4, -0.2) is 63.4 Å². The maximum atomic E-state index is 15.2. The largest absolute Gasteiger partial charge is 0.462 e. The van der Waals surface area contributed by atoms with Crippen LogP contribution >= 0.6 is 7.75 Å². The van der Waals surface area contributed by atoms with Gasteiger partial charge in [-0.15, -0.1) is 0 Å². The molecule has 0 radical (unpaired) electrons. The Morgan fingerprint density at radius 2 is 1.86 bits per heavy atom. The number of nitrogens with one attached hydrogen (secondary N) is 1. The molecule has 1 aliphatic rings. The van der Waals surface area contributed by atoms with Crippen LogP contribution < -0.4 is 21.0 Å². The van der Waals surface area contributed by atoms with Gasteiger partial charge in [-0.05, 0) is 49.7 Å². The normalized spacial score (nSPS) is 23.8. The summed E-state index contributed by atoms with van der Waals surface area (Å²) in [5, 5.41) is 14.1. The van der Waals surface area contributed by atoms with Gasteiger partial charge in [0.05, 0.1) is 12.7 Å². The summed E-state index contributed by atoms with van der Waals surface area (Å²) in [5.74, 6) is -5.84. The van der Waals surface area contributed by atoms with Crippen molar-refractivity contribution in [1.82, 2.24) is 14.6 Å². The lowest BCUT2D eigenvalue weighted by molar-refractivity contribution is -0.193. The average molecular weight is 633 g/mol. The Hall–Kier alpha value is -3.56. The van der Waals surface area contributed by atoms with Gasteiger partial charge in [0, 0.05) is 6.20 Å². The number of benzene rings is 2. The van der Waals surface area contributed by atoms with Crippen molar-refractivity contribution in [2.75, 3.05) is 12.3 Å². The van der Waals surface area contributed by atoms with E-state index in [2.05, 4.69) is 10.1 Å². The van der Waals surface area contributed by atoms with Gasteiger partial charge in [0.15, 0.2) is 11.7 Å². The fourth-order valence-electron chi connectivity index (χ4n) is 4.27. The highest BCUT2D eigenvalue weighted by atomic mass is 31.2. The maximum Gasteiger partial charge on any atom is 0.459 e. The number of esters is 1. The van der Waals surface area contributed by atoms with Crippen LogP contribution in [0.2, 0.25) is 0 Å².